The monoisotopic (exact) mass is 155 g/mol. The van der Waals surface area contributed by atoms with Crippen LogP contribution in [0.3, 0.4) is 0 Å². The third-order valence-corrected chi connectivity index (χ3v) is 1.68. The van der Waals surface area contributed by atoms with Crippen molar-refractivity contribution in [2.45, 2.75) is 32.1 Å². The molecule has 1 aliphatic heterocycles. The van der Waals surface area contributed by atoms with Crippen LogP contribution in [0.5, 0.6) is 0 Å². The van der Waals surface area contributed by atoms with Gasteiger partial charge in [0.25, 0.3) is 0 Å². The minimum Gasteiger partial charge on any atom is -0.381 e. The first-order chi connectivity index (χ1) is 4.50. The van der Waals surface area contributed by atoms with Gasteiger partial charge < -0.3 is 4.74 Å². The van der Waals surface area contributed by atoms with Crippen LogP contribution in [-0.2, 0) is 4.74 Å². The maximum absolute atomic E-state index is 5.30. The normalized spacial score (nSPS) is 19.6. The van der Waals surface area contributed by atoms with Crippen molar-refractivity contribution >= 4 is 0 Å². The average molecular weight is 155 g/mol. The van der Waals surface area contributed by atoms with Crippen molar-refractivity contribution in [3.8, 4) is 0 Å². The summed E-state index contributed by atoms with van der Waals surface area (Å²) in [4.78, 5) is 0. The van der Waals surface area contributed by atoms with Gasteiger partial charge in [0.1, 0.15) is 0 Å². The van der Waals surface area contributed by atoms with Crippen LogP contribution in [-0.4, -0.2) is 13.2 Å². The summed E-state index contributed by atoms with van der Waals surface area (Å²) < 4.78 is 5.30. The molecule has 1 rings (SSSR count). The van der Waals surface area contributed by atoms with Gasteiger partial charge >= 0.3 is 0 Å². The predicted octanol–water partition coefficient (Wildman–Crippen LogP) is 2.83. The van der Waals surface area contributed by atoms with E-state index in [4.69, 9.17) is 4.74 Å². The Morgan fingerprint density at radius 1 is 0.909 bits per heavy atom. The zero-order valence-electron chi connectivity index (χ0n) is 7.35. The van der Waals surface area contributed by atoms with Gasteiger partial charge in [0, 0.05) is 13.2 Å². The van der Waals surface area contributed by atoms with E-state index >= 15 is 0 Å². The van der Waals surface area contributed by atoms with Crippen molar-refractivity contribution in [2.75, 3.05) is 13.2 Å². The summed E-state index contributed by atoms with van der Waals surface area (Å²) >= 11 is 0. The number of hydrogen-bond donors (Lipinski definition) is 0. The summed E-state index contributed by atoms with van der Waals surface area (Å²) in [6, 6.07) is 0. The van der Waals surface area contributed by atoms with Crippen molar-refractivity contribution in [3.63, 3.8) is 0 Å². The van der Waals surface area contributed by atoms with E-state index in [9.17, 15) is 0 Å². The van der Waals surface area contributed by atoms with Gasteiger partial charge in [-0.2, -0.15) is 0 Å². The van der Waals surface area contributed by atoms with Gasteiger partial charge in [-0.1, -0.05) is 34.1 Å². The van der Waals surface area contributed by atoms with E-state index in [0.29, 0.717) is 0 Å². The van der Waals surface area contributed by atoms with E-state index in [1.807, 2.05) is 0 Å². The molecule has 1 heterocycles. The van der Waals surface area contributed by atoms with Gasteiger partial charge in [0.2, 0.25) is 0 Å². The molecule has 0 bridgehead atoms. The van der Waals surface area contributed by atoms with Gasteiger partial charge in [-0.15, -0.1) is 0 Å². The molecule has 0 aromatic heterocycles. The maximum atomic E-state index is 5.30. The molecule has 0 aliphatic carbocycles. The van der Waals surface area contributed by atoms with Crippen LogP contribution in [0, 0.1) is 21.3 Å². The van der Waals surface area contributed by atoms with Crippen molar-refractivity contribution in [1.29, 1.82) is 0 Å². The number of ether oxygens (including phenoxy) is 1. The second-order valence-electron chi connectivity index (χ2n) is 2.57. The number of rotatable bonds is 0. The van der Waals surface area contributed by atoms with E-state index in [0.717, 1.165) is 13.2 Å². The molecular formula is C10H19O. The van der Waals surface area contributed by atoms with Crippen LogP contribution in [0.1, 0.15) is 32.1 Å². The fraction of sp³-hybridized carbons (Fsp3) is 0.700. The first kappa shape index (κ1) is 13.5. The lowest BCUT2D eigenvalue weighted by atomic mass is 10.1. The second kappa shape index (κ2) is 9.96. The third-order valence-electron chi connectivity index (χ3n) is 1.68. The Hall–Kier alpha value is -0.0400. The lowest BCUT2D eigenvalue weighted by Crippen LogP contribution is -1.94. The molecule has 1 heteroatoms. The summed E-state index contributed by atoms with van der Waals surface area (Å²) in [5.74, 6) is 0. The van der Waals surface area contributed by atoms with Crippen LogP contribution < -0.4 is 0 Å². The summed E-state index contributed by atoms with van der Waals surface area (Å²) in [5.41, 5.74) is 0. The Morgan fingerprint density at radius 2 is 1.64 bits per heavy atom. The van der Waals surface area contributed by atoms with E-state index in [-0.39, 0.29) is 14.9 Å². The Labute approximate surface area is 72.1 Å². The van der Waals surface area contributed by atoms with Gasteiger partial charge in [-0.25, -0.2) is 0 Å². The molecule has 0 N–H and O–H groups in total. The van der Waals surface area contributed by atoms with Crippen LogP contribution in [0.2, 0.25) is 0 Å². The Kier molecular flexibility index (Phi) is 12.3. The lowest BCUT2D eigenvalue weighted by molar-refractivity contribution is 0.151. The molecule has 0 saturated carbocycles. The number of hydrogen-bond acceptors (Lipinski definition) is 1. The quantitative estimate of drug-likeness (QED) is 0.522. The Bertz CT molecular complexity index is 33.4. The zero-order chi connectivity index (χ0) is 6.36. The van der Waals surface area contributed by atoms with Crippen molar-refractivity contribution in [3.05, 3.63) is 21.3 Å². The van der Waals surface area contributed by atoms with E-state index in [1.165, 1.54) is 32.1 Å². The van der Waals surface area contributed by atoms with E-state index < -0.39 is 0 Å². The molecule has 0 aromatic rings. The van der Waals surface area contributed by atoms with Crippen LogP contribution in [0.25, 0.3) is 0 Å². The van der Waals surface area contributed by atoms with E-state index in [1.54, 1.807) is 0 Å². The molecule has 0 unspecified atom stereocenters. The molecule has 1 aliphatic rings. The van der Waals surface area contributed by atoms with Crippen LogP contribution in [0.15, 0.2) is 0 Å². The highest BCUT2D eigenvalue weighted by Crippen LogP contribution is 2.07. The third kappa shape index (κ3) is 7.86. The fourth-order valence-electron chi connectivity index (χ4n) is 1.10. The average Bonchev–Trinajstić information content (AvgIpc) is 2.00. The standard InChI is InChI=1S/C8H15O.2CH2/c1-2-4-6-8-9-7-5-3-1;;/h5H,1-4,6-8H2;2*1H2. The van der Waals surface area contributed by atoms with Crippen molar-refractivity contribution in [1.82, 2.24) is 0 Å². The van der Waals surface area contributed by atoms with Crippen LogP contribution in [0.4, 0.5) is 0 Å². The van der Waals surface area contributed by atoms with Gasteiger partial charge in [0.15, 0.2) is 0 Å². The highest BCUT2D eigenvalue weighted by atomic mass is 16.5. The first-order valence-corrected chi connectivity index (χ1v) is 3.89. The van der Waals surface area contributed by atoms with Gasteiger partial charge in [0.05, 0.1) is 0 Å². The second-order valence-corrected chi connectivity index (χ2v) is 2.57. The molecule has 0 spiro atoms. The smallest absolute Gasteiger partial charge is 0.0497 e. The highest BCUT2D eigenvalue weighted by molar-refractivity contribution is 4.64. The minimum atomic E-state index is 0. The summed E-state index contributed by atoms with van der Waals surface area (Å²) in [7, 11) is 0. The zero-order valence-corrected chi connectivity index (χ0v) is 7.35. The van der Waals surface area contributed by atoms with Gasteiger partial charge in [-0.3, -0.25) is 0 Å². The molecule has 0 amide bonds. The lowest BCUT2D eigenvalue weighted by Gasteiger charge is -1.97. The molecule has 65 valence electrons. The molecular weight excluding hydrogens is 136 g/mol. The Balaban J connectivity index is 0. The van der Waals surface area contributed by atoms with E-state index in [2.05, 4.69) is 6.42 Å². The molecule has 0 aromatic carbocycles. The highest BCUT2D eigenvalue weighted by Gasteiger charge is 1.95. The summed E-state index contributed by atoms with van der Waals surface area (Å²) in [6.07, 6.45) is 8.86. The summed E-state index contributed by atoms with van der Waals surface area (Å²) in [6.45, 7) is 1.84. The van der Waals surface area contributed by atoms with Crippen LogP contribution >= 0.6 is 0 Å². The van der Waals surface area contributed by atoms with Crippen molar-refractivity contribution in [2.24, 2.45) is 0 Å². The van der Waals surface area contributed by atoms with Crippen molar-refractivity contribution < 1.29 is 4.74 Å². The molecule has 1 nitrogen and oxygen atoms in total. The molecule has 5 radical (unpaired) electrons. The molecule has 11 heavy (non-hydrogen) atoms. The summed E-state index contributed by atoms with van der Waals surface area (Å²) in [5, 5.41) is 0. The molecule has 1 saturated heterocycles. The first-order valence-electron chi connectivity index (χ1n) is 3.89. The fourth-order valence-corrected chi connectivity index (χ4v) is 1.10. The Morgan fingerprint density at radius 3 is 2.45 bits per heavy atom. The largest absolute Gasteiger partial charge is 0.381 e. The molecule has 0 atom stereocenters. The molecule has 1 fully saturated rings. The maximum Gasteiger partial charge on any atom is 0.0497 e. The minimum absolute atomic E-state index is 0. The topological polar surface area (TPSA) is 9.23 Å². The van der Waals surface area contributed by atoms with Gasteiger partial charge in [-0.05, 0) is 19.3 Å². The SMILES string of the molecule is [CH2].[CH2].[CH]1CCCCCCOC1. The predicted molar refractivity (Wildman–Crippen MR) is 48.9 cm³/mol.